The van der Waals surface area contributed by atoms with Gasteiger partial charge in [0.2, 0.25) is 5.91 Å². The largest absolute Gasteiger partial charge is 0.481 e. The number of carboxylic acids is 1. The molecule has 2 rings (SSSR count). The van der Waals surface area contributed by atoms with E-state index in [4.69, 9.17) is 28.3 Å². The first-order valence-electron chi connectivity index (χ1n) is 8.76. The minimum Gasteiger partial charge on any atom is -0.481 e. The molecule has 0 heterocycles. The first kappa shape index (κ1) is 18.9. The van der Waals surface area contributed by atoms with E-state index in [1.54, 1.807) is 0 Å². The van der Waals surface area contributed by atoms with E-state index in [0.717, 1.165) is 51.4 Å². The molecule has 0 spiro atoms. The lowest BCUT2D eigenvalue weighted by molar-refractivity contribution is -0.137. The number of carbonyl (C=O) groups excluding carboxylic acids is 1. The number of alkyl halides is 2. The molecule has 0 aromatic carbocycles. The Kier molecular flexibility index (Phi) is 7.48. The van der Waals surface area contributed by atoms with Crippen molar-refractivity contribution in [3.05, 3.63) is 0 Å². The van der Waals surface area contributed by atoms with Crippen LogP contribution in [0.15, 0.2) is 0 Å². The highest BCUT2D eigenvalue weighted by Gasteiger charge is 2.34. The summed E-state index contributed by atoms with van der Waals surface area (Å²) in [4.78, 5) is 23.0. The van der Waals surface area contributed by atoms with Gasteiger partial charge in [-0.1, -0.05) is 0 Å². The number of aliphatic carboxylic acids is 1. The lowest BCUT2D eigenvalue weighted by atomic mass is 9.82. The van der Waals surface area contributed by atoms with Gasteiger partial charge in [0.15, 0.2) is 0 Å². The molecular weight excluding hydrogens is 337 g/mol. The van der Waals surface area contributed by atoms with Gasteiger partial charge in [0.05, 0.1) is 5.92 Å². The molecule has 2 aliphatic rings. The average molecular weight is 364 g/mol. The summed E-state index contributed by atoms with van der Waals surface area (Å²) in [7, 11) is 0. The second kappa shape index (κ2) is 9.12. The van der Waals surface area contributed by atoms with E-state index in [0.29, 0.717) is 12.3 Å². The highest BCUT2D eigenvalue weighted by Crippen LogP contribution is 2.33. The van der Waals surface area contributed by atoms with Crippen LogP contribution < -0.4 is 5.32 Å². The lowest BCUT2D eigenvalue weighted by Gasteiger charge is -2.33. The Morgan fingerprint density at radius 3 is 2.39 bits per heavy atom. The van der Waals surface area contributed by atoms with Gasteiger partial charge in [-0.15, -0.1) is 23.2 Å². The van der Waals surface area contributed by atoms with Crippen LogP contribution in [0.25, 0.3) is 0 Å². The second-order valence-corrected chi connectivity index (χ2v) is 8.22. The summed E-state index contributed by atoms with van der Waals surface area (Å²) in [6, 6.07) is 0.234. The number of nitrogens with one attached hydrogen (secondary N) is 1. The van der Waals surface area contributed by atoms with Crippen LogP contribution in [0.3, 0.4) is 0 Å². The van der Waals surface area contributed by atoms with Crippen LogP contribution in [0.5, 0.6) is 0 Å². The number of carboxylic acid groups (broad SMARTS) is 1. The smallest absolute Gasteiger partial charge is 0.303 e. The number of hydrogen-bond donors (Lipinski definition) is 2. The maximum atomic E-state index is 12.4. The van der Waals surface area contributed by atoms with E-state index in [1.807, 2.05) is 0 Å². The van der Waals surface area contributed by atoms with Crippen molar-refractivity contribution in [2.75, 3.05) is 0 Å². The molecule has 0 saturated heterocycles. The minimum atomic E-state index is -0.716. The molecule has 2 aliphatic carbocycles. The predicted molar refractivity (Wildman–Crippen MR) is 92.0 cm³/mol. The Balaban J connectivity index is 1.69. The number of rotatable bonds is 6. The third-order valence-corrected chi connectivity index (χ3v) is 6.15. The Labute approximate surface area is 148 Å². The number of amides is 1. The molecular formula is C17H27Cl2NO3. The maximum absolute atomic E-state index is 12.4. The molecule has 0 aromatic rings. The van der Waals surface area contributed by atoms with Crippen molar-refractivity contribution >= 4 is 35.1 Å². The van der Waals surface area contributed by atoms with Gasteiger partial charge in [0.1, 0.15) is 0 Å². The van der Waals surface area contributed by atoms with Gasteiger partial charge < -0.3 is 10.4 Å². The topological polar surface area (TPSA) is 66.4 Å². The summed E-state index contributed by atoms with van der Waals surface area (Å²) >= 11 is 12.5. The molecule has 2 saturated carbocycles. The zero-order chi connectivity index (χ0) is 16.8. The summed E-state index contributed by atoms with van der Waals surface area (Å²) in [5, 5.41) is 11.8. The average Bonchev–Trinajstić information content (AvgIpc) is 2.51. The van der Waals surface area contributed by atoms with Gasteiger partial charge in [0.25, 0.3) is 0 Å². The van der Waals surface area contributed by atoms with Crippen molar-refractivity contribution in [2.45, 2.75) is 81.0 Å². The minimum absolute atomic E-state index is 0.0599. The second-order valence-electron chi connectivity index (χ2n) is 7.05. The van der Waals surface area contributed by atoms with Crippen LogP contribution in [0, 0.1) is 11.8 Å². The van der Waals surface area contributed by atoms with Crippen LogP contribution in [-0.4, -0.2) is 33.8 Å². The molecule has 3 atom stereocenters. The normalized spacial score (nSPS) is 34.8. The number of halogens is 2. The molecule has 4 nitrogen and oxygen atoms in total. The summed E-state index contributed by atoms with van der Waals surface area (Å²) in [6.07, 6.45) is 8.46. The Morgan fingerprint density at radius 1 is 1.04 bits per heavy atom. The quantitative estimate of drug-likeness (QED) is 0.702. The van der Waals surface area contributed by atoms with Crippen LogP contribution in [0.2, 0.25) is 0 Å². The monoisotopic (exact) mass is 363 g/mol. The first-order valence-corrected chi connectivity index (χ1v) is 9.63. The van der Waals surface area contributed by atoms with Crippen LogP contribution in [0.4, 0.5) is 0 Å². The van der Waals surface area contributed by atoms with Gasteiger partial charge in [-0.2, -0.15) is 0 Å². The third kappa shape index (κ3) is 6.15. The summed E-state index contributed by atoms with van der Waals surface area (Å²) < 4.78 is 0. The molecule has 2 N–H and O–H groups in total. The van der Waals surface area contributed by atoms with Crippen molar-refractivity contribution in [1.82, 2.24) is 5.32 Å². The van der Waals surface area contributed by atoms with Crippen molar-refractivity contribution in [3.8, 4) is 0 Å². The molecule has 0 aromatic heterocycles. The van der Waals surface area contributed by atoms with Crippen LogP contribution in [-0.2, 0) is 9.59 Å². The van der Waals surface area contributed by atoms with E-state index in [2.05, 4.69) is 5.32 Å². The fraction of sp³-hybridized carbons (Fsp3) is 0.882. The van der Waals surface area contributed by atoms with Crippen molar-refractivity contribution in [3.63, 3.8) is 0 Å². The Morgan fingerprint density at radius 2 is 1.74 bits per heavy atom. The molecule has 0 bridgehead atoms. The van der Waals surface area contributed by atoms with Crippen molar-refractivity contribution < 1.29 is 14.7 Å². The van der Waals surface area contributed by atoms with E-state index < -0.39 is 5.97 Å². The molecule has 6 heteroatoms. The van der Waals surface area contributed by atoms with E-state index in [9.17, 15) is 9.59 Å². The Bertz CT molecular complexity index is 411. The maximum Gasteiger partial charge on any atom is 0.303 e. The first-order chi connectivity index (χ1) is 11.0. The summed E-state index contributed by atoms with van der Waals surface area (Å²) in [5.74, 6) is -0.220. The van der Waals surface area contributed by atoms with Gasteiger partial charge in [-0.3, -0.25) is 9.59 Å². The zero-order valence-electron chi connectivity index (χ0n) is 13.5. The molecule has 0 radical (unpaired) electrons. The number of carbonyl (C=O) groups is 2. The fourth-order valence-electron chi connectivity index (χ4n) is 3.80. The number of hydrogen-bond acceptors (Lipinski definition) is 2. The SMILES string of the molecule is O=C(O)CCCC1CCC(NC(=O)C2CC(Cl)CCC2Cl)CC1. The van der Waals surface area contributed by atoms with E-state index in [-0.39, 0.29) is 35.0 Å². The highest BCUT2D eigenvalue weighted by atomic mass is 35.5. The lowest BCUT2D eigenvalue weighted by Crippen LogP contribution is -2.45. The van der Waals surface area contributed by atoms with E-state index in [1.165, 1.54) is 0 Å². The molecule has 23 heavy (non-hydrogen) atoms. The van der Waals surface area contributed by atoms with Crippen molar-refractivity contribution in [2.24, 2.45) is 11.8 Å². The van der Waals surface area contributed by atoms with Crippen molar-refractivity contribution in [1.29, 1.82) is 0 Å². The van der Waals surface area contributed by atoms with Gasteiger partial charge >= 0.3 is 5.97 Å². The zero-order valence-corrected chi connectivity index (χ0v) is 15.0. The summed E-state index contributed by atoms with van der Waals surface area (Å²) in [5.41, 5.74) is 0. The highest BCUT2D eigenvalue weighted by molar-refractivity contribution is 6.23. The molecule has 1 amide bonds. The third-order valence-electron chi connectivity index (χ3n) is 5.23. The van der Waals surface area contributed by atoms with Crippen LogP contribution in [0.1, 0.15) is 64.2 Å². The predicted octanol–water partition coefficient (Wildman–Crippen LogP) is 3.93. The summed E-state index contributed by atoms with van der Waals surface area (Å²) in [6.45, 7) is 0. The van der Waals surface area contributed by atoms with Gasteiger partial charge in [-0.25, -0.2) is 0 Å². The van der Waals surface area contributed by atoms with Gasteiger partial charge in [-0.05, 0) is 63.7 Å². The molecule has 2 fully saturated rings. The molecule has 132 valence electrons. The fourth-order valence-corrected chi connectivity index (χ4v) is 4.46. The van der Waals surface area contributed by atoms with E-state index >= 15 is 0 Å². The van der Waals surface area contributed by atoms with Gasteiger partial charge in [0, 0.05) is 23.2 Å². The molecule has 3 unspecified atom stereocenters. The standard InChI is InChI=1S/C17H27Cl2NO3/c18-12-6-9-15(19)14(10-12)17(23)20-13-7-4-11(5-8-13)2-1-3-16(21)22/h11-15H,1-10H2,(H,20,23)(H,21,22). The molecule has 0 aliphatic heterocycles. The van der Waals surface area contributed by atoms with Crippen LogP contribution >= 0.6 is 23.2 Å². The Hall–Kier alpha value is -0.480.